The van der Waals surface area contributed by atoms with E-state index >= 15 is 0 Å². The number of nitrogens with zero attached hydrogens (tertiary/aromatic N) is 5. The van der Waals surface area contributed by atoms with Crippen LogP contribution in [0.5, 0.6) is 5.75 Å². The highest BCUT2D eigenvalue weighted by Crippen LogP contribution is 2.30. The number of hydrogen-bond acceptors (Lipinski definition) is 5. The third-order valence-corrected chi connectivity index (χ3v) is 4.04. The molecule has 0 aliphatic rings. The third-order valence-electron chi connectivity index (χ3n) is 3.63. The first-order valence-electron chi connectivity index (χ1n) is 7.51. The molecule has 0 atom stereocenters. The van der Waals surface area contributed by atoms with Crippen LogP contribution in [0, 0.1) is 11.6 Å². The Labute approximate surface area is 154 Å². The van der Waals surface area contributed by atoms with Gasteiger partial charge in [0, 0.05) is 6.07 Å². The number of ether oxygens (including phenoxy) is 1. The molecule has 6 nitrogen and oxygen atoms in total. The lowest BCUT2D eigenvalue weighted by Crippen LogP contribution is -2.04. The zero-order chi connectivity index (χ0) is 18.1. The number of hydrogen-bond donors (Lipinski definition) is 0. The maximum absolute atomic E-state index is 15.0. The van der Waals surface area contributed by atoms with Crippen LogP contribution >= 0.6 is 15.9 Å². The summed E-state index contributed by atoms with van der Waals surface area (Å²) in [6.45, 7) is 0.0276. The molecule has 0 aliphatic heterocycles. The van der Waals surface area contributed by atoms with Crippen LogP contribution in [0.3, 0.4) is 0 Å². The van der Waals surface area contributed by atoms with Gasteiger partial charge in [-0.3, -0.25) is 0 Å². The molecule has 2 aromatic carbocycles. The van der Waals surface area contributed by atoms with Gasteiger partial charge in [-0.25, -0.2) is 18.7 Å². The lowest BCUT2D eigenvalue weighted by atomic mass is 10.2. The summed E-state index contributed by atoms with van der Waals surface area (Å²) in [5.74, 6) is -1.99. The molecular formula is C17H10BrF2N5O. The van der Waals surface area contributed by atoms with Crippen LogP contribution in [-0.2, 0) is 6.61 Å². The summed E-state index contributed by atoms with van der Waals surface area (Å²) in [4.78, 5) is 8.13. The van der Waals surface area contributed by atoms with E-state index in [4.69, 9.17) is 4.74 Å². The van der Waals surface area contributed by atoms with Gasteiger partial charge in [0.15, 0.2) is 23.2 Å². The van der Waals surface area contributed by atoms with Gasteiger partial charge in [0.05, 0.1) is 12.4 Å². The largest absolute Gasteiger partial charge is 0.483 e. The van der Waals surface area contributed by atoms with Crippen molar-refractivity contribution in [2.45, 2.75) is 6.61 Å². The first kappa shape index (κ1) is 16.5. The average molecular weight is 418 g/mol. The van der Waals surface area contributed by atoms with Crippen LogP contribution < -0.4 is 4.74 Å². The molecule has 0 spiro atoms. The van der Waals surface area contributed by atoms with Crippen molar-refractivity contribution >= 4 is 27.0 Å². The number of fused-ring (bicyclic) bond motifs is 1. The molecule has 0 amide bonds. The van der Waals surface area contributed by atoms with Gasteiger partial charge in [-0.05, 0) is 21.5 Å². The van der Waals surface area contributed by atoms with Gasteiger partial charge in [0.25, 0.3) is 0 Å². The molecule has 9 heteroatoms. The molecule has 0 saturated carbocycles. The van der Waals surface area contributed by atoms with Crippen LogP contribution in [0.25, 0.3) is 16.9 Å². The fourth-order valence-corrected chi connectivity index (χ4v) is 2.64. The lowest BCUT2D eigenvalue weighted by Gasteiger charge is -2.10. The van der Waals surface area contributed by atoms with Crippen LogP contribution in [0.1, 0.15) is 5.56 Å². The van der Waals surface area contributed by atoms with Crippen LogP contribution in [-0.4, -0.2) is 25.0 Å². The van der Waals surface area contributed by atoms with Gasteiger partial charge in [0.2, 0.25) is 0 Å². The van der Waals surface area contributed by atoms with Crippen molar-refractivity contribution in [2.75, 3.05) is 0 Å². The Kier molecular flexibility index (Phi) is 4.29. The summed E-state index contributed by atoms with van der Waals surface area (Å²) in [6, 6.07) is 10.2. The molecule has 0 fully saturated rings. The molecular weight excluding hydrogens is 408 g/mol. The lowest BCUT2D eigenvalue weighted by molar-refractivity contribution is 0.275. The summed E-state index contributed by atoms with van der Waals surface area (Å²) in [5, 5.41) is 7.64. The quantitative estimate of drug-likeness (QED) is 0.504. The Morgan fingerprint density at radius 1 is 1.08 bits per heavy atom. The van der Waals surface area contributed by atoms with E-state index < -0.39 is 17.4 Å². The van der Waals surface area contributed by atoms with E-state index in [-0.39, 0.29) is 23.5 Å². The minimum absolute atomic E-state index is 0.0276. The Bertz CT molecular complexity index is 1070. The zero-order valence-electron chi connectivity index (χ0n) is 13.1. The predicted molar refractivity (Wildman–Crippen MR) is 92.8 cm³/mol. The molecule has 0 unspecified atom stereocenters. The zero-order valence-corrected chi connectivity index (χ0v) is 14.7. The van der Waals surface area contributed by atoms with Crippen LogP contribution in [0.15, 0.2) is 53.4 Å². The minimum Gasteiger partial charge on any atom is -0.483 e. The topological polar surface area (TPSA) is 65.7 Å². The van der Waals surface area contributed by atoms with E-state index in [9.17, 15) is 8.78 Å². The first-order valence-corrected chi connectivity index (χ1v) is 8.31. The number of rotatable bonds is 4. The number of benzene rings is 2. The molecule has 0 aliphatic carbocycles. The van der Waals surface area contributed by atoms with Crippen molar-refractivity contribution in [3.63, 3.8) is 0 Å². The van der Waals surface area contributed by atoms with Crippen LogP contribution in [0.2, 0.25) is 0 Å². The first-order chi connectivity index (χ1) is 12.6. The Morgan fingerprint density at radius 2 is 1.88 bits per heavy atom. The SMILES string of the molecule is Fc1cc2nnn(-c3cnc(Br)cn3)c2c(F)c1OCc1ccccc1. The number of halogens is 3. The van der Waals surface area contributed by atoms with E-state index in [1.54, 1.807) is 12.1 Å². The van der Waals surface area contributed by atoms with E-state index in [1.165, 1.54) is 12.4 Å². The fraction of sp³-hybridized carbons (Fsp3) is 0.0588. The molecule has 2 heterocycles. The van der Waals surface area contributed by atoms with E-state index in [1.807, 2.05) is 18.2 Å². The van der Waals surface area contributed by atoms with Gasteiger partial charge in [-0.15, -0.1) is 5.10 Å². The molecule has 26 heavy (non-hydrogen) atoms. The highest BCUT2D eigenvalue weighted by Gasteiger charge is 2.21. The summed E-state index contributed by atoms with van der Waals surface area (Å²) in [6.07, 6.45) is 2.84. The fourth-order valence-electron chi connectivity index (χ4n) is 2.43. The van der Waals surface area contributed by atoms with Crippen molar-refractivity contribution in [1.29, 1.82) is 0 Å². The third kappa shape index (κ3) is 3.01. The molecule has 4 rings (SSSR count). The molecule has 2 aromatic heterocycles. The number of aromatic nitrogens is 5. The van der Waals surface area contributed by atoms with Gasteiger partial charge >= 0.3 is 0 Å². The van der Waals surface area contributed by atoms with Crippen molar-refractivity contribution in [3.8, 4) is 11.6 Å². The van der Waals surface area contributed by atoms with Crippen LogP contribution in [0.4, 0.5) is 8.78 Å². The molecule has 130 valence electrons. The molecule has 4 aromatic rings. The smallest absolute Gasteiger partial charge is 0.196 e. The average Bonchev–Trinajstić information content (AvgIpc) is 3.07. The Morgan fingerprint density at radius 3 is 2.62 bits per heavy atom. The molecule has 0 saturated heterocycles. The standard InChI is InChI=1S/C17H10BrF2N5O/c18-13-7-22-14(8-21-13)25-16-12(23-24-25)6-11(19)17(15(16)20)26-9-10-4-2-1-3-5-10/h1-8H,9H2. The normalized spacial score (nSPS) is 11.0. The summed E-state index contributed by atoms with van der Waals surface area (Å²) < 4.78 is 36.3. The van der Waals surface area contributed by atoms with Gasteiger partial charge in [-0.2, -0.15) is 4.68 Å². The van der Waals surface area contributed by atoms with Crippen molar-refractivity contribution in [2.24, 2.45) is 0 Å². The Balaban J connectivity index is 1.76. The second-order valence-electron chi connectivity index (χ2n) is 5.34. The summed E-state index contributed by atoms with van der Waals surface area (Å²) in [5.41, 5.74) is 0.805. The van der Waals surface area contributed by atoms with E-state index in [0.717, 1.165) is 16.3 Å². The van der Waals surface area contributed by atoms with E-state index in [2.05, 4.69) is 36.2 Å². The molecule has 0 radical (unpaired) electrons. The van der Waals surface area contributed by atoms with Gasteiger partial charge in [0.1, 0.15) is 22.2 Å². The molecule has 0 bridgehead atoms. The van der Waals surface area contributed by atoms with Crippen molar-refractivity contribution in [3.05, 3.63) is 70.6 Å². The summed E-state index contributed by atoms with van der Waals surface area (Å²) >= 11 is 3.17. The second-order valence-corrected chi connectivity index (χ2v) is 6.15. The predicted octanol–water partition coefficient (Wildman–Crippen LogP) is 3.83. The highest BCUT2D eigenvalue weighted by molar-refractivity contribution is 9.10. The van der Waals surface area contributed by atoms with E-state index in [0.29, 0.717) is 4.60 Å². The second kappa shape index (κ2) is 6.75. The highest BCUT2D eigenvalue weighted by atomic mass is 79.9. The van der Waals surface area contributed by atoms with Gasteiger partial charge in [-0.1, -0.05) is 35.5 Å². The Hall–Kier alpha value is -2.94. The van der Waals surface area contributed by atoms with Gasteiger partial charge < -0.3 is 4.74 Å². The van der Waals surface area contributed by atoms with Crippen molar-refractivity contribution < 1.29 is 13.5 Å². The maximum Gasteiger partial charge on any atom is 0.196 e. The minimum atomic E-state index is -0.898. The maximum atomic E-state index is 15.0. The summed E-state index contributed by atoms with van der Waals surface area (Å²) in [7, 11) is 0. The molecule has 0 N–H and O–H groups in total. The van der Waals surface area contributed by atoms with Crippen molar-refractivity contribution in [1.82, 2.24) is 25.0 Å². The monoisotopic (exact) mass is 417 g/mol.